The zero-order valence-corrected chi connectivity index (χ0v) is 18.5. The Morgan fingerprint density at radius 2 is 1.81 bits per heavy atom. The summed E-state index contributed by atoms with van der Waals surface area (Å²) in [5.74, 6) is -0.402. The van der Waals surface area contributed by atoms with E-state index < -0.39 is 0 Å². The van der Waals surface area contributed by atoms with Crippen molar-refractivity contribution in [1.82, 2.24) is 15.2 Å². The maximum absolute atomic E-state index is 12.5. The van der Waals surface area contributed by atoms with Crippen LogP contribution in [0.4, 0.5) is 5.69 Å². The van der Waals surface area contributed by atoms with Crippen LogP contribution < -0.4 is 10.2 Å². The van der Waals surface area contributed by atoms with E-state index in [0.29, 0.717) is 30.2 Å². The van der Waals surface area contributed by atoms with E-state index in [0.717, 1.165) is 29.3 Å². The highest BCUT2D eigenvalue weighted by Crippen LogP contribution is 2.21. The van der Waals surface area contributed by atoms with Crippen molar-refractivity contribution in [2.24, 2.45) is 0 Å². The summed E-state index contributed by atoms with van der Waals surface area (Å²) in [5, 5.41) is 6.02. The van der Waals surface area contributed by atoms with Crippen molar-refractivity contribution in [3.05, 3.63) is 81.3 Å². The van der Waals surface area contributed by atoms with Crippen molar-refractivity contribution in [3.8, 4) is 0 Å². The molecule has 0 saturated carbocycles. The maximum Gasteiger partial charge on any atom is 0.271 e. The van der Waals surface area contributed by atoms with Gasteiger partial charge in [-0.3, -0.25) is 9.59 Å². The average Bonchev–Trinajstić information content (AvgIpc) is 3.26. The minimum absolute atomic E-state index is 0.0262. The summed E-state index contributed by atoms with van der Waals surface area (Å²) in [7, 11) is 0. The van der Waals surface area contributed by atoms with Crippen molar-refractivity contribution in [2.75, 3.05) is 37.6 Å². The molecule has 2 amide bonds. The predicted octanol–water partition coefficient (Wildman–Crippen LogP) is 3.47. The quantitative estimate of drug-likeness (QED) is 0.619. The number of hydrogen-bond acceptors (Lipinski definition) is 5. The summed E-state index contributed by atoms with van der Waals surface area (Å²) in [6.07, 6.45) is 0.689. The average molecular weight is 455 g/mol. The number of thiazole rings is 1. The third-order valence-corrected chi connectivity index (χ3v) is 6.27. The van der Waals surface area contributed by atoms with E-state index in [1.165, 1.54) is 11.3 Å². The Morgan fingerprint density at radius 1 is 1.03 bits per heavy atom. The summed E-state index contributed by atoms with van der Waals surface area (Å²) in [6, 6.07) is 17.7. The maximum atomic E-state index is 12.5. The van der Waals surface area contributed by atoms with Crippen molar-refractivity contribution in [1.29, 1.82) is 0 Å². The molecule has 1 saturated heterocycles. The van der Waals surface area contributed by atoms with Gasteiger partial charge in [-0.1, -0.05) is 48.0 Å². The van der Waals surface area contributed by atoms with Gasteiger partial charge < -0.3 is 15.1 Å². The summed E-state index contributed by atoms with van der Waals surface area (Å²) in [5.41, 5.74) is 2.56. The van der Waals surface area contributed by atoms with Gasteiger partial charge in [-0.2, -0.15) is 0 Å². The molecule has 0 spiro atoms. The molecule has 8 heteroatoms. The van der Waals surface area contributed by atoms with Crippen molar-refractivity contribution >= 4 is 40.4 Å². The zero-order chi connectivity index (χ0) is 21.6. The number of amides is 2. The van der Waals surface area contributed by atoms with Crippen molar-refractivity contribution < 1.29 is 9.59 Å². The number of anilines is 1. The largest absolute Gasteiger partial charge is 0.368 e. The highest BCUT2D eigenvalue weighted by Gasteiger charge is 2.22. The van der Waals surface area contributed by atoms with Gasteiger partial charge in [-0.05, 0) is 23.8 Å². The number of carbonyl (C=O) groups is 2. The van der Waals surface area contributed by atoms with Gasteiger partial charge >= 0.3 is 0 Å². The smallest absolute Gasteiger partial charge is 0.271 e. The predicted molar refractivity (Wildman–Crippen MR) is 124 cm³/mol. The summed E-state index contributed by atoms with van der Waals surface area (Å²) >= 11 is 7.52. The Hall–Kier alpha value is -2.90. The first-order chi connectivity index (χ1) is 15.1. The topological polar surface area (TPSA) is 65.5 Å². The molecule has 2 heterocycles. The number of benzene rings is 2. The van der Waals surface area contributed by atoms with Crippen LogP contribution in [0.5, 0.6) is 0 Å². The van der Waals surface area contributed by atoms with Gasteiger partial charge in [0.25, 0.3) is 5.91 Å². The van der Waals surface area contributed by atoms with Gasteiger partial charge in [0.1, 0.15) is 5.69 Å². The first-order valence-electron chi connectivity index (χ1n) is 10.1. The van der Waals surface area contributed by atoms with Gasteiger partial charge in [0, 0.05) is 48.7 Å². The van der Waals surface area contributed by atoms with E-state index in [9.17, 15) is 9.59 Å². The van der Waals surface area contributed by atoms with Gasteiger partial charge in [0.2, 0.25) is 5.91 Å². The van der Waals surface area contributed by atoms with E-state index in [1.807, 2.05) is 54.6 Å². The standard InChI is InChI=1S/C23H23ClN4O2S/c24-18-7-4-8-19(14-18)27-9-11-28(12-10-27)22(29)15-25-23(30)20-16-31-21(26-20)13-17-5-2-1-3-6-17/h1-8,14,16H,9-13,15H2,(H,25,30). The van der Waals surface area contributed by atoms with Crippen LogP contribution in [-0.2, 0) is 11.2 Å². The fourth-order valence-corrected chi connectivity index (χ4v) is 4.50. The molecule has 1 aliphatic heterocycles. The third kappa shape index (κ3) is 5.62. The van der Waals surface area contributed by atoms with E-state index in [-0.39, 0.29) is 18.4 Å². The minimum atomic E-state index is -0.318. The lowest BCUT2D eigenvalue weighted by molar-refractivity contribution is -0.130. The normalized spacial score (nSPS) is 13.8. The van der Waals surface area contributed by atoms with Crippen LogP contribution >= 0.6 is 22.9 Å². The zero-order valence-electron chi connectivity index (χ0n) is 17.0. The van der Waals surface area contributed by atoms with E-state index in [1.54, 1.807) is 10.3 Å². The third-order valence-electron chi connectivity index (χ3n) is 5.19. The van der Waals surface area contributed by atoms with Crippen molar-refractivity contribution in [2.45, 2.75) is 6.42 Å². The van der Waals surface area contributed by atoms with E-state index >= 15 is 0 Å². The monoisotopic (exact) mass is 454 g/mol. The number of nitrogens with zero attached hydrogens (tertiary/aromatic N) is 3. The Balaban J connectivity index is 1.24. The molecular formula is C23H23ClN4O2S. The molecule has 3 aromatic rings. The lowest BCUT2D eigenvalue weighted by Gasteiger charge is -2.36. The second kappa shape index (κ2) is 9.94. The van der Waals surface area contributed by atoms with Crippen LogP contribution in [0.2, 0.25) is 5.02 Å². The number of aromatic nitrogens is 1. The van der Waals surface area contributed by atoms with Crippen molar-refractivity contribution in [3.63, 3.8) is 0 Å². The first kappa shape index (κ1) is 21.3. The molecule has 2 aromatic carbocycles. The number of hydrogen-bond donors (Lipinski definition) is 1. The molecule has 31 heavy (non-hydrogen) atoms. The molecule has 1 N–H and O–H groups in total. The molecule has 0 bridgehead atoms. The SMILES string of the molecule is O=C(NCC(=O)N1CCN(c2cccc(Cl)c2)CC1)c1csc(Cc2ccccc2)n1. The molecule has 1 aliphatic rings. The van der Waals surface area contributed by atoms with Crippen LogP contribution in [0.1, 0.15) is 21.1 Å². The second-order valence-electron chi connectivity index (χ2n) is 7.32. The first-order valence-corrected chi connectivity index (χ1v) is 11.4. The Labute approximate surface area is 190 Å². The summed E-state index contributed by atoms with van der Waals surface area (Å²) < 4.78 is 0. The second-order valence-corrected chi connectivity index (χ2v) is 8.70. The van der Waals surface area contributed by atoms with Gasteiger partial charge in [0.05, 0.1) is 11.6 Å². The molecule has 1 aromatic heterocycles. The minimum Gasteiger partial charge on any atom is -0.368 e. The lowest BCUT2D eigenvalue weighted by atomic mass is 10.2. The van der Waals surface area contributed by atoms with Gasteiger partial charge in [-0.25, -0.2) is 4.98 Å². The molecule has 0 atom stereocenters. The summed E-state index contributed by atoms with van der Waals surface area (Å²) in [6.45, 7) is 2.66. The molecule has 1 fully saturated rings. The molecule has 0 unspecified atom stereocenters. The molecule has 0 aliphatic carbocycles. The van der Waals surface area contributed by atoms with Gasteiger partial charge in [0.15, 0.2) is 0 Å². The number of halogens is 1. The van der Waals surface area contributed by atoms with E-state index in [2.05, 4.69) is 15.2 Å². The highest BCUT2D eigenvalue weighted by atomic mass is 35.5. The fourth-order valence-electron chi connectivity index (χ4n) is 3.51. The Kier molecular flexibility index (Phi) is 6.84. The number of carbonyl (C=O) groups excluding carboxylic acids is 2. The van der Waals surface area contributed by atoms with Crippen LogP contribution in [0.3, 0.4) is 0 Å². The Bertz CT molecular complexity index is 1050. The molecule has 4 rings (SSSR count). The molecule has 160 valence electrons. The van der Waals surface area contributed by atoms with Gasteiger partial charge in [-0.15, -0.1) is 11.3 Å². The van der Waals surface area contributed by atoms with Crippen LogP contribution in [0.25, 0.3) is 0 Å². The highest BCUT2D eigenvalue weighted by molar-refractivity contribution is 7.09. The number of rotatable bonds is 6. The molecular weight excluding hydrogens is 432 g/mol. The van der Waals surface area contributed by atoms with Crippen LogP contribution in [0.15, 0.2) is 60.0 Å². The van der Waals surface area contributed by atoms with Crippen LogP contribution in [-0.4, -0.2) is 54.4 Å². The van der Waals surface area contributed by atoms with E-state index in [4.69, 9.17) is 11.6 Å². The Morgan fingerprint density at radius 3 is 2.55 bits per heavy atom. The fraction of sp³-hybridized carbons (Fsp3) is 0.261. The molecule has 0 radical (unpaired) electrons. The molecule has 6 nitrogen and oxygen atoms in total. The van der Waals surface area contributed by atoms with Crippen LogP contribution in [0, 0.1) is 0 Å². The number of nitrogens with one attached hydrogen (secondary N) is 1. The lowest BCUT2D eigenvalue weighted by Crippen LogP contribution is -2.51. The number of piperazine rings is 1. The summed E-state index contributed by atoms with van der Waals surface area (Å²) in [4.78, 5) is 33.3.